The third-order valence-corrected chi connectivity index (χ3v) is 3.05. The molecule has 0 saturated heterocycles. The zero-order valence-corrected chi connectivity index (χ0v) is 12.2. The summed E-state index contributed by atoms with van der Waals surface area (Å²) in [6.45, 7) is 0. The van der Waals surface area contributed by atoms with E-state index in [2.05, 4.69) is 15.3 Å². The van der Waals surface area contributed by atoms with Gasteiger partial charge in [0.2, 0.25) is 0 Å². The summed E-state index contributed by atoms with van der Waals surface area (Å²) in [5.74, 6) is 0.509. The van der Waals surface area contributed by atoms with E-state index in [0.29, 0.717) is 12.1 Å². The number of amides is 2. The van der Waals surface area contributed by atoms with E-state index in [4.69, 9.17) is 16.9 Å². The van der Waals surface area contributed by atoms with Crippen molar-refractivity contribution in [2.45, 2.75) is 0 Å². The predicted molar refractivity (Wildman–Crippen MR) is 81.0 cm³/mol. The minimum atomic E-state index is -0.510. The number of aromatic nitrogens is 2. The summed E-state index contributed by atoms with van der Waals surface area (Å²) in [4.78, 5) is 32.0. The van der Waals surface area contributed by atoms with Crippen LogP contribution in [0.1, 0.15) is 16.1 Å². The van der Waals surface area contributed by atoms with E-state index in [9.17, 15) is 9.59 Å². The van der Waals surface area contributed by atoms with Crippen molar-refractivity contribution in [2.24, 2.45) is 0 Å². The lowest BCUT2D eigenvalue weighted by atomic mass is 10.3. The van der Waals surface area contributed by atoms with Gasteiger partial charge in [0, 0.05) is 19.3 Å². The minimum absolute atomic E-state index is 0.191. The predicted octanol–water partition coefficient (Wildman–Crippen LogP) is 2.48. The largest absolute Gasteiger partial charge is 0.328 e. The number of hydrogen-bond acceptors (Lipinski definition) is 5. The maximum atomic E-state index is 12.1. The quantitative estimate of drug-likeness (QED) is 0.877. The molecule has 2 heterocycles. The SMILES string of the molecule is CN(C(=O)Nc1cc(Cl)c(C#N)cn1)c1cccc(C=O)n1. The minimum Gasteiger partial charge on any atom is -0.296 e. The van der Waals surface area contributed by atoms with Crippen molar-refractivity contribution in [1.29, 1.82) is 5.26 Å². The summed E-state index contributed by atoms with van der Waals surface area (Å²) in [6.07, 6.45) is 1.86. The molecule has 0 aliphatic rings. The lowest BCUT2D eigenvalue weighted by Crippen LogP contribution is -2.32. The average molecular weight is 316 g/mol. The molecule has 0 aliphatic carbocycles. The average Bonchev–Trinajstić information content (AvgIpc) is 2.54. The molecule has 0 aromatic carbocycles. The lowest BCUT2D eigenvalue weighted by Gasteiger charge is -2.17. The van der Waals surface area contributed by atoms with Crippen LogP contribution in [-0.4, -0.2) is 29.3 Å². The summed E-state index contributed by atoms with van der Waals surface area (Å²) < 4.78 is 0. The maximum absolute atomic E-state index is 12.1. The highest BCUT2D eigenvalue weighted by molar-refractivity contribution is 6.32. The number of pyridine rings is 2. The molecule has 22 heavy (non-hydrogen) atoms. The molecule has 2 aromatic rings. The molecular weight excluding hydrogens is 306 g/mol. The van der Waals surface area contributed by atoms with Crippen molar-refractivity contribution in [1.82, 2.24) is 9.97 Å². The van der Waals surface area contributed by atoms with Crippen LogP contribution in [0.2, 0.25) is 5.02 Å². The topological polar surface area (TPSA) is 99.0 Å². The van der Waals surface area contributed by atoms with Gasteiger partial charge in [0.05, 0.1) is 10.6 Å². The molecule has 2 amide bonds. The maximum Gasteiger partial charge on any atom is 0.328 e. The van der Waals surface area contributed by atoms with E-state index in [1.54, 1.807) is 12.1 Å². The van der Waals surface area contributed by atoms with Gasteiger partial charge in [0.15, 0.2) is 6.29 Å². The Morgan fingerprint density at radius 3 is 2.91 bits per heavy atom. The summed E-state index contributed by atoms with van der Waals surface area (Å²) in [5, 5.41) is 11.5. The Kier molecular flexibility index (Phi) is 4.66. The second kappa shape index (κ2) is 6.65. The van der Waals surface area contributed by atoms with Gasteiger partial charge in [-0.25, -0.2) is 14.8 Å². The number of carbonyl (C=O) groups excluding carboxylic acids is 2. The molecule has 0 unspecified atom stereocenters. The van der Waals surface area contributed by atoms with Gasteiger partial charge in [0.25, 0.3) is 0 Å². The van der Waals surface area contributed by atoms with Crippen LogP contribution >= 0.6 is 11.6 Å². The number of carbonyl (C=O) groups is 2. The number of halogens is 1. The Hall–Kier alpha value is -2.98. The lowest BCUT2D eigenvalue weighted by molar-refractivity contribution is 0.111. The number of urea groups is 1. The van der Waals surface area contributed by atoms with Crippen LogP contribution in [0.3, 0.4) is 0 Å². The van der Waals surface area contributed by atoms with Gasteiger partial charge in [-0.1, -0.05) is 17.7 Å². The third kappa shape index (κ3) is 3.37. The highest BCUT2D eigenvalue weighted by Crippen LogP contribution is 2.18. The molecule has 7 nitrogen and oxygen atoms in total. The molecule has 1 N–H and O–H groups in total. The normalized spacial score (nSPS) is 9.68. The fraction of sp³-hybridized carbons (Fsp3) is 0.0714. The van der Waals surface area contributed by atoms with E-state index in [1.807, 2.05) is 6.07 Å². The van der Waals surface area contributed by atoms with Crippen molar-refractivity contribution in [2.75, 3.05) is 17.3 Å². The van der Waals surface area contributed by atoms with Crippen LogP contribution in [0.15, 0.2) is 30.5 Å². The Morgan fingerprint density at radius 1 is 1.50 bits per heavy atom. The fourth-order valence-electron chi connectivity index (χ4n) is 1.57. The molecule has 110 valence electrons. The van der Waals surface area contributed by atoms with Crippen molar-refractivity contribution in [3.63, 3.8) is 0 Å². The van der Waals surface area contributed by atoms with E-state index in [1.165, 1.54) is 30.3 Å². The van der Waals surface area contributed by atoms with Crippen molar-refractivity contribution in [3.8, 4) is 6.07 Å². The van der Waals surface area contributed by atoms with Crippen LogP contribution in [-0.2, 0) is 0 Å². The summed E-state index contributed by atoms with van der Waals surface area (Å²) in [7, 11) is 1.50. The molecule has 0 spiro atoms. The van der Waals surface area contributed by atoms with Crippen LogP contribution in [0.4, 0.5) is 16.4 Å². The standard InChI is InChI=1S/C14H10ClN5O2/c1-20(13-4-2-3-10(8-21)18-13)14(22)19-12-5-11(15)9(6-16)7-17-12/h2-5,7-8H,1H3,(H,17,19,22). The molecule has 0 radical (unpaired) electrons. The van der Waals surface area contributed by atoms with Gasteiger partial charge in [-0.3, -0.25) is 15.0 Å². The Bertz CT molecular complexity index is 772. The molecule has 8 heteroatoms. The zero-order valence-electron chi connectivity index (χ0n) is 11.4. The Morgan fingerprint density at radius 2 is 2.27 bits per heavy atom. The Labute approximate surface area is 131 Å². The summed E-state index contributed by atoms with van der Waals surface area (Å²) >= 11 is 5.87. The zero-order chi connectivity index (χ0) is 16.1. The van der Waals surface area contributed by atoms with Gasteiger partial charge in [-0.05, 0) is 12.1 Å². The fourth-order valence-corrected chi connectivity index (χ4v) is 1.77. The van der Waals surface area contributed by atoms with Gasteiger partial charge < -0.3 is 0 Å². The first-order chi connectivity index (χ1) is 10.5. The second-order valence-corrected chi connectivity index (χ2v) is 4.60. The summed E-state index contributed by atoms with van der Waals surface area (Å²) in [6, 6.07) is 7.48. The second-order valence-electron chi connectivity index (χ2n) is 4.19. The van der Waals surface area contributed by atoms with Gasteiger partial charge in [-0.2, -0.15) is 5.26 Å². The molecule has 0 fully saturated rings. The van der Waals surface area contributed by atoms with Gasteiger partial charge in [-0.15, -0.1) is 0 Å². The first-order valence-corrected chi connectivity index (χ1v) is 6.45. The molecule has 0 aliphatic heterocycles. The van der Waals surface area contributed by atoms with E-state index in [0.717, 1.165) is 0 Å². The van der Waals surface area contributed by atoms with Gasteiger partial charge in [0.1, 0.15) is 23.4 Å². The van der Waals surface area contributed by atoms with Crippen molar-refractivity contribution < 1.29 is 9.59 Å². The summed E-state index contributed by atoms with van der Waals surface area (Å²) in [5.41, 5.74) is 0.435. The highest BCUT2D eigenvalue weighted by atomic mass is 35.5. The van der Waals surface area contributed by atoms with Crippen LogP contribution in [0.25, 0.3) is 0 Å². The highest BCUT2D eigenvalue weighted by Gasteiger charge is 2.14. The van der Waals surface area contributed by atoms with Crippen LogP contribution < -0.4 is 10.2 Å². The monoisotopic (exact) mass is 315 g/mol. The van der Waals surface area contributed by atoms with E-state index < -0.39 is 6.03 Å². The number of nitriles is 1. The molecule has 2 rings (SSSR count). The molecule has 0 saturated carbocycles. The molecule has 2 aromatic heterocycles. The number of anilines is 2. The van der Waals surface area contributed by atoms with Crippen LogP contribution in [0, 0.1) is 11.3 Å². The third-order valence-electron chi connectivity index (χ3n) is 2.73. The van der Waals surface area contributed by atoms with Gasteiger partial charge >= 0.3 is 6.03 Å². The number of nitrogens with one attached hydrogen (secondary N) is 1. The molecule has 0 atom stereocenters. The first-order valence-electron chi connectivity index (χ1n) is 6.07. The number of nitrogens with zero attached hydrogens (tertiary/aromatic N) is 4. The van der Waals surface area contributed by atoms with Crippen molar-refractivity contribution >= 4 is 35.6 Å². The van der Waals surface area contributed by atoms with E-state index >= 15 is 0 Å². The first kappa shape index (κ1) is 15.4. The van der Waals surface area contributed by atoms with E-state index in [-0.39, 0.29) is 22.1 Å². The smallest absolute Gasteiger partial charge is 0.296 e. The van der Waals surface area contributed by atoms with Crippen molar-refractivity contribution in [3.05, 3.63) is 46.7 Å². The number of hydrogen-bond donors (Lipinski definition) is 1. The number of rotatable bonds is 3. The molecular formula is C14H10ClN5O2. The number of aldehydes is 1. The van der Waals surface area contributed by atoms with Crippen LogP contribution in [0.5, 0.6) is 0 Å². The Balaban J connectivity index is 2.16. The molecule has 0 bridgehead atoms.